The molecule has 2 nitrogen and oxygen atoms in total. The topological polar surface area (TPSA) is 18.5 Å². The Labute approximate surface area is 91.6 Å². The summed E-state index contributed by atoms with van der Waals surface area (Å²) in [6, 6.07) is 0. The summed E-state index contributed by atoms with van der Waals surface area (Å²) in [6.45, 7) is 1.65. The molecule has 76 valence electrons. The summed E-state index contributed by atoms with van der Waals surface area (Å²) in [6.07, 6.45) is 1.23. The van der Waals surface area contributed by atoms with Gasteiger partial charge < -0.3 is 9.47 Å². The van der Waals surface area contributed by atoms with Crippen molar-refractivity contribution in [1.29, 1.82) is 0 Å². The van der Waals surface area contributed by atoms with Crippen molar-refractivity contribution in [3.05, 3.63) is 10.8 Å². The maximum atomic E-state index is 5.80. The maximum absolute atomic E-state index is 5.80. The Bertz CT molecular complexity index is 304. The van der Waals surface area contributed by atoms with Gasteiger partial charge in [-0.3, -0.25) is 0 Å². The molecule has 3 rings (SSSR count). The zero-order chi connectivity index (χ0) is 9.43. The van der Waals surface area contributed by atoms with Crippen LogP contribution in [-0.4, -0.2) is 24.7 Å². The molecule has 4 heteroatoms. The van der Waals surface area contributed by atoms with E-state index in [-0.39, 0.29) is 5.41 Å². The number of hydrogen-bond donors (Lipinski definition) is 0. The van der Waals surface area contributed by atoms with E-state index in [2.05, 4.69) is 0 Å². The van der Waals surface area contributed by atoms with E-state index in [4.69, 9.17) is 9.47 Å². The lowest BCUT2D eigenvalue weighted by molar-refractivity contribution is 0.128. The van der Waals surface area contributed by atoms with E-state index in [0.717, 1.165) is 24.7 Å². The number of rotatable bonds is 0. The third-order valence-corrected chi connectivity index (χ3v) is 4.86. The predicted octanol–water partition coefficient (Wildman–Crippen LogP) is 2.64. The van der Waals surface area contributed by atoms with Crippen molar-refractivity contribution in [3.63, 3.8) is 0 Å². The molecule has 0 saturated carbocycles. The highest BCUT2D eigenvalue weighted by Crippen LogP contribution is 2.42. The Balaban J connectivity index is 1.82. The molecule has 1 aromatic rings. The highest BCUT2D eigenvalue weighted by atomic mass is 32.2. The molecule has 2 aliphatic rings. The van der Waals surface area contributed by atoms with Crippen molar-refractivity contribution in [2.75, 3.05) is 24.7 Å². The molecule has 1 saturated heterocycles. The Morgan fingerprint density at radius 1 is 1.14 bits per heavy atom. The molecule has 0 bridgehead atoms. The van der Waals surface area contributed by atoms with Crippen LogP contribution in [0.15, 0.2) is 10.8 Å². The van der Waals surface area contributed by atoms with E-state index in [1.165, 1.54) is 17.9 Å². The van der Waals surface area contributed by atoms with Crippen LogP contribution in [0.4, 0.5) is 0 Å². The monoisotopic (exact) mass is 228 g/mol. The lowest BCUT2D eigenvalue weighted by Gasteiger charge is -2.24. The van der Waals surface area contributed by atoms with Crippen LogP contribution in [0.1, 0.15) is 6.42 Å². The fourth-order valence-corrected chi connectivity index (χ4v) is 4.01. The van der Waals surface area contributed by atoms with Gasteiger partial charge in [0.05, 0.1) is 13.2 Å². The SMILES string of the molecule is c1scc2c1OCC1(CCSC1)CO2. The van der Waals surface area contributed by atoms with Gasteiger partial charge in [0.25, 0.3) is 0 Å². The summed E-state index contributed by atoms with van der Waals surface area (Å²) in [5.74, 6) is 4.30. The molecule has 1 spiro atoms. The number of fused-ring (bicyclic) bond motifs is 1. The van der Waals surface area contributed by atoms with Gasteiger partial charge in [-0.25, -0.2) is 0 Å². The van der Waals surface area contributed by atoms with Gasteiger partial charge in [0.15, 0.2) is 11.5 Å². The third kappa shape index (κ3) is 1.41. The molecule has 0 amide bonds. The molecule has 0 aliphatic carbocycles. The second-order valence-electron chi connectivity index (χ2n) is 3.98. The highest BCUT2D eigenvalue weighted by molar-refractivity contribution is 7.99. The number of thiophene rings is 1. The van der Waals surface area contributed by atoms with Crippen LogP contribution in [0, 0.1) is 5.41 Å². The fourth-order valence-electron chi connectivity index (χ4n) is 1.86. The van der Waals surface area contributed by atoms with Crippen LogP contribution >= 0.6 is 23.1 Å². The van der Waals surface area contributed by atoms with Gasteiger partial charge in [0.1, 0.15) is 0 Å². The first-order valence-corrected chi connectivity index (χ1v) is 6.87. The van der Waals surface area contributed by atoms with E-state index >= 15 is 0 Å². The first-order valence-electron chi connectivity index (χ1n) is 4.78. The van der Waals surface area contributed by atoms with E-state index in [0.29, 0.717) is 0 Å². The number of ether oxygens (including phenoxy) is 2. The number of hydrogen-bond acceptors (Lipinski definition) is 4. The number of thioether (sulfide) groups is 1. The van der Waals surface area contributed by atoms with Crippen molar-refractivity contribution in [2.45, 2.75) is 6.42 Å². The molecule has 1 fully saturated rings. The molecule has 0 radical (unpaired) electrons. The summed E-state index contributed by atoms with van der Waals surface area (Å²) in [7, 11) is 0. The van der Waals surface area contributed by atoms with E-state index in [1.54, 1.807) is 11.3 Å². The largest absolute Gasteiger partial charge is 0.488 e. The van der Waals surface area contributed by atoms with Crippen molar-refractivity contribution >= 4 is 23.1 Å². The van der Waals surface area contributed by atoms with Crippen molar-refractivity contribution in [3.8, 4) is 11.5 Å². The second kappa shape index (κ2) is 3.35. The molecule has 0 unspecified atom stereocenters. The third-order valence-electron chi connectivity index (χ3n) is 2.85. The summed E-state index contributed by atoms with van der Waals surface area (Å²) in [5, 5.41) is 4.05. The minimum absolute atomic E-state index is 0.279. The molecule has 1 aromatic heterocycles. The average molecular weight is 228 g/mol. The lowest BCUT2D eigenvalue weighted by Crippen LogP contribution is -2.33. The smallest absolute Gasteiger partial charge is 0.171 e. The lowest BCUT2D eigenvalue weighted by atomic mass is 9.90. The standard InChI is InChI=1S/C10H12O2S2/c1-2-13-7-10(1)5-11-8-3-14-4-9(8)12-6-10/h3-4H,1-2,5-7H2. The zero-order valence-electron chi connectivity index (χ0n) is 7.82. The summed E-state index contributed by atoms with van der Waals surface area (Å²) >= 11 is 3.65. The fraction of sp³-hybridized carbons (Fsp3) is 0.600. The minimum Gasteiger partial charge on any atom is -0.488 e. The van der Waals surface area contributed by atoms with Crippen molar-refractivity contribution in [1.82, 2.24) is 0 Å². The Morgan fingerprint density at radius 3 is 2.43 bits per heavy atom. The highest BCUT2D eigenvalue weighted by Gasteiger charge is 2.38. The molecule has 0 N–H and O–H groups in total. The van der Waals surface area contributed by atoms with E-state index in [1.807, 2.05) is 22.5 Å². The van der Waals surface area contributed by atoms with Gasteiger partial charge >= 0.3 is 0 Å². The molecule has 0 atom stereocenters. The summed E-state index contributed by atoms with van der Waals surface area (Å²) in [5.41, 5.74) is 0.279. The zero-order valence-corrected chi connectivity index (χ0v) is 9.46. The van der Waals surface area contributed by atoms with Crippen LogP contribution in [-0.2, 0) is 0 Å². The predicted molar refractivity (Wildman–Crippen MR) is 59.7 cm³/mol. The van der Waals surface area contributed by atoms with E-state index in [9.17, 15) is 0 Å². The van der Waals surface area contributed by atoms with Crippen molar-refractivity contribution < 1.29 is 9.47 Å². The Morgan fingerprint density at radius 2 is 1.86 bits per heavy atom. The molecule has 14 heavy (non-hydrogen) atoms. The van der Waals surface area contributed by atoms with Gasteiger partial charge in [0, 0.05) is 21.9 Å². The molecular weight excluding hydrogens is 216 g/mol. The van der Waals surface area contributed by atoms with Crippen LogP contribution in [0.3, 0.4) is 0 Å². The first kappa shape index (κ1) is 8.92. The maximum Gasteiger partial charge on any atom is 0.171 e. The van der Waals surface area contributed by atoms with Gasteiger partial charge in [0.2, 0.25) is 0 Å². The molecule has 3 heterocycles. The molecule has 2 aliphatic heterocycles. The van der Waals surface area contributed by atoms with Crippen LogP contribution < -0.4 is 9.47 Å². The first-order chi connectivity index (χ1) is 6.88. The van der Waals surface area contributed by atoms with Crippen LogP contribution in [0.25, 0.3) is 0 Å². The second-order valence-corrected chi connectivity index (χ2v) is 5.83. The summed E-state index contributed by atoms with van der Waals surface area (Å²) < 4.78 is 11.6. The van der Waals surface area contributed by atoms with Gasteiger partial charge in [-0.15, -0.1) is 11.3 Å². The molecular formula is C10H12O2S2. The summed E-state index contributed by atoms with van der Waals surface area (Å²) in [4.78, 5) is 0. The average Bonchev–Trinajstić information content (AvgIpc) is 2.77. The Hall–Kier alpha value is -0.350. The normalized spacial score (nSPS) is 23.7. The van der Waals surface area contributed by atoms with Crippen LogP contribution in [0.5, 0.6) is 11.5 Å². The van der Waals surface area contributed by atoms with Gasteiger partial charge in [-0.2, -0.15) is 11.8 Å². The van der Waals surface area contributed by atoms with Crippen molar-refractivity contribution in [2.24, 2.45) is 5.41 Å². The Kier molecular flexibility index (Phi) is 2.13. The van der Waals surface area contributed by atoms with E-state index < -0.39 is 0 Å². The van der Waals surface area contributed by atoms with Crippen LogP contribution in [0.2, 0.25) is 0 Å². The van der Waals surface area contributed by atoms with Gasteiger partial charge in [-0.05, 0) is 12.2 Å². The van der Waals surface area contributed by atoms with Gasteiger partial charge in [-0.1, -0.05) is 0 Å². The quantitative estimate of drug-likeness (QED) is 0.680. The molecule has 0 aromatic carbocycles. The minimum atomic E-state index is 0.279.